The van der Waals surface area contributed by atoms with E-state index in [0.717, 1.165) is 12.5 Å². The third kappa shape index (κ3) is 3.09. The molecule has 0 aromatic heterocycles. The maximum Gasteiger partial charge on any atom is 0.0342 e. The van der Waals surface area contributed by atoms with Crippen molar-refractivity contribution in [2.45, 2.75) is 38.3 Å². The lowest BCUT2D eigenvalue weighted by molar-refractivity contribution is 0.255. The molecule has 1 aromatic rings. The predicted molar refractivity (Wildman–Crippen MR) is 87.5 cm³/mol. The van der Waals surface area contributed by atoms with Gasteiger partial charge in [0.1, 0.15) is 0 Å². The van der Waals surface area contributed by atoms with E-state index in [9.17, 15) is 0 Å². The van der Waals surface area contributed by atoms with E-state index in [0.29, 0.717) is 6.04 Å². The minimum absolute atomic E-state index is 0.688. The number of rotatable bonds is 4. The normalized spacial score (nSPS) is 32.5. The van der Waals surface area contributed by atoms with Crippen LogP contribution in [0.5, 0.6) is 0 Å². The summed E-state index contributed by atoms with van der Waals surface area (Å²) in [7, 11) is 0. The summed E-state index contributed by atoms with van der Waals surface area (Å²) in [5.41, 5.74) is 2.77. The van der Waals surface area contributed by atoms with Crippen LogP contribution in [-0.4, -0.2) is 48.6 Å². The molecule has 2 bridgehead atoms. The summed E-state index contributed by atoms with van der Waals surface area (Å²) < 4.78 is 0. The number of anilines is 1. The lowest BCUT2D eigenvalue weighted by Crippen LogP contribution is -2.39. The van der Waals surface area contributed by atoms with Crippen molar-refractivity contribution in [3.63, 3.8) is 0 Å². The molecule has 114 valence electrons. The monoisotopic (exact) mass is 285 g/mol. The Hall–Kier alpha value is -1.06. The highest BCUT2D eigenvalue weighted by Crippen LogP contribution is 2.29. The zero-order valence-corrected chi connectivity index (χ0v) is 12.9. The van der Waals surface area contributed by atoms with E-state index in [1.165, 1.54) is 69.7 Å². The fourth-order valence-electron chi connectivity index (χ4n) is 4.26. The molecule has 3 aliphatic rings. The van der Waals surface area contributed by atoms with Crippen LogP contribution >= 0.6 is 0 Å². The molecule has 4 rings (SSSR count). The molecular weight excluding hydrogens is 258 g/mol. The van der Waals surface area contributed by atoms with E-state index in [1.807, 2.05) is 0 Å². The SMILES string of the molecule is c1cc(NC2CCN3CCC2C3)ccc1CN1CCCC1. The van der Waals surface area contributed by atoms with Crippen molar-refractivity contribution < 1.29 is 0 Å². The van der Waals surface area contributed by atoms with Gasteiger partial charge in [-0.15, -0.1) is 0 Å². The Kier molecular flexibility index (Phi) is 3.87. The predicted octanol–water partition coefficient (Wildman–Crippen LogP) is 2.79. The third-order valence-corrected chi connectivity index (χ3v) is 5.55. The topological polar surface area (TPSA) is 18.5 Å². The first kappa shape index (κ1) is 13.6. The Morgan fingerprint density at radius 1 is 0.952 bits per heavy atom. The number of benzene rings is 1. The molecule has 3 nitrogen and oxygen atoms in total. The number of piperidine rings is 1. The number of hydrogen-bond donors (Lipinski definition) is 1. The molecule has 1 N–H and O–H groups in total. The minimum atomic E-state index is 0.688. The third-order valence-electron chi connectivity index (χ3n) is 5.55. The molecular formula is C18H27N3. The molecule has 3 fully saturated rings. The van der Waals surface area contributed by atoms with Gasteiger partial charge in [-0.1, -0.05) is 12.1 Å². The molecule has 1 aromatic carbocycles. The zero-order chi connectivity index (χ0) is 14.1. The van der Waals surface area contributed by atoms with Crippen LogP contribution in [0.1, 0.15) is 31.2 Å². The molecule has 3 aliphatic heterocycles. The molecule has 3 saturated heterocycles. The summed E-state index contributed by atoms with van der Waals surface area (Å²) in [4.78, 5) is 5.18. The lowest BCUT2D eigenvalue weighted by Gasteiger charge is -2.31. The highest BCUT2D eigenvalue weighted by atomic mass is 15.2. The van der Waals surface area contributed by atoms with Crippen LogP contribution in [0, 0.1) is 5.92 Å². The molecule has 3 unspecified atom stereocenters. The molecule has 0 saturated carbocycles. The van der Waals surface area contributed by atoms with Crippen molar-refractivity contribution in [2.75, 3.05) is 38.0 Å². The molecule has 3 heteroatoms. The average molecular weight is 285 g/mol. The van der Waals surface area contributed by atoms with E-state index < -0.39 is 0 Å². The second-order valence-electron chi connectivity index (χ2n) is 7.07. The van der Waals surface area contributed by atoms with E-state index in [-0.39, 0.29) is 0 Å². The molecule has 0 spiro atoms. The van der Waals surface area contributed by atoms with Gasteiger partial charge < -0.3 is 10.2 Å². The van der Waals surface area contributed by atoms with Crippen molar-refractivity contribution in [1.29, 1.82) is 0 Å². The fourth-order valence-corrected chi connectivity index (χ4v) is 4.26. The lowest BCUT2D eigenvalue weighted by atomic mass is 9.94. The summed E-state index contributed by atoms with van der Waals surface area (Å²) in [5.74, 6) is 0.864. The molecule has 21 heavy (non-hydrogen) atoms. The van der Waals surface area contributed by atoms with Gasteiger partial charge in [-0.2, -0.15) is 0 Å². The van der Waals surface area contributed by atoms with Gasteiger partial charge >= 0.3 is 0 Å². The Morgan fingerprint density at radius 3 is 2.52 bits per heavy atom. The van der Waals surface area contributed by atoms with Crippen LogP contribution in [-0.2, 0) is 6.54 Å². The first-order chi connectivity index (χ1) is 10.4. The van der Waals surface area contributed by atoms with Crippen LogP contribution in [0.25, 0.3) is 0 Å². The van der Waals surface area contributed by atoms with Crippen LogP contribution < -0.4 is 5.32 Å². The van der Waals surface area contributed by atoms with E-state index >= 15 is 0 Å². The quantitative estimate of drug-likeness (QED) is 0.918. The van der Waals surface area contributed by atoms with Gasteiger partial charge in [-0.3, -0.25) is 4.90 Å². The van der Waals surface area contributed by atoms with Gasteiger partial charge in [0.25, 0.3) is 0 Å². The second kappa shape index (κ2) is 5.98. The maximum absolute atomic E-state index is 3.79. The number of fused-ring (bicyclic) bond motifs is 2. The van der Waals surface area contributed by atoms with Gasteiger partial charge in [-0.25, -0.2) is 0 Å². The summed E-state index contributed by atoms with van der Waals surface area (Å²) in [6.07, 6.45) is 5.43. The van der Waals surface area contributed by atoms with Crippen LogP contribution in [0.3, 0.4) is 0 Å². The Balaban J connectivity index is 1.35. The second-order valence-corrected chi connectivity index (χ2v) is 7.07. The fraction of sp³-hybridized carbons (Fsp3) is 0.667. The zero-order valence-electron chi connectivity index (χ0n) is 12.9. The maximum atomic E-state index is 3.79. The van der Waals surface area contributed by atoms with Crippen LogP contribution in [0.15, 0.2) is 24.3 Å². The number of nitrogens with one attached hydrogen (secondary N) is 1. The van der Waals surface area contributed by atoms with Crippen molar-refractivity contribution >= 4 is 5.69 Å². The standard InChI is InChI=1S/C18H27N3/c1-2-10-20(9-1)13-15-3-5-17(6-4-15)19-18-8-12-21-11-7-16(18)14-21/h3-6,16,18-19H,1-2,7-14H2. The number of nitrogens with zero attached hydrogens (tertiary/aromatic N) is 2. The average Bonchev–Trinajstić information content (AvgIpc) is 3.14. The highest BCUT2D eigenvalue weighted by Gasteiger charge is 2.33. The Labute approximate surface area is 128 Å². The summed E-state index contributed by atoms with van der Waals surface area (Å²) in [5, 5.41) is 3.79. The van der Waals surface area contributed by atoms with Gasteiger partial charge in [0.2, 0.25) is 0 Å². The summed E-state index contributed by atoms with van der Waals surface area (Å²) in [6.45, 7) is 7.59. The van der Waals surface area contributed by atoms with Crippen molar-refractivity contribution in [1.82, 2.24) is 9.80 Å². The van der Waals surface area contributed by atoms with E-state index in [4.69, 9.17) is 0 Å². The summed E-state index contributed by atoms with van der Waals surface area (Å²) in [6, 6.07) is 9.88. The number of likely N-dealkylation sites (tertiary alicyclic amines) is 1. The largest absolute Gasteiger partial charge is 0.382 e. The van der Waals surface area contributed by atoms with Crippen molar-refractivity contribution in [3.8, 4) is 0 Å². The Bertz CT molecular complexity index is 464. The minimum Gasteiger partial charge on any atom is -0.382 e. The van der Waals surface area contributed by atoms with Crippen molar-refractivity contribution in [3.05, 3.63) is 29.8 Å². The van der Waals surface area contributed by atoms with E-state index in [1.54, 1.807) is 0 Å². The van der Waals surface area contributed by atoms with E-state index in [2.05, 4.69) is 39.4 Å². The molecule has 0 amide bonds. The molecule has 3 heterocycles. The van der Waals surface area contributed by atoms with Gasteiger partial charge in [0.15, 0.2) is 0 Å². The van der Waals surface area contributed by atoms with Gasteiger partial charge in [0.05, 0.1) is 0 Å². The Morgan fingerprint density at radius 2 is 1.71 bits per heavy atom. The van der Waals surface area contributed by atoms with Crippen LogP contribution in [0.2, 0.25) is 0 Å². The van der Waals surface area contributed by atoms with Gasteiger partial charge in [0, 0.05) is 31.4 Å². The molecule has 0 radical (unpaired) electrons. The smallest absolute Gasteiger partial charge is 0.0342 e. The molecule has 3 atom stereocenters. The molecule has 0 aliphatic carbocycles. The van der Waals surface area contributed by atoms with Crippen molar-refractivity contribution in [2.24, 2.45) is 5.92 Å². The first-order valence-corrected chi connectivity index (χ1v) is 8.67. The first-order valence-electron chi connectivity index (χ1n) is 8.67. The summed E-state index contributed by atoms with van der Waals surface area (Å²) >= 11 is 0. The number of hydrogen-bond acceptors (Lipinski definition) is 3. The van der Waals surface area contributed by atoms with Gasteiger partial charge in [-0.05, 0) is 68.9 Å². The highest BCUT2D eigenvalue weighted by molar-refractivity contribution is 5.45. The van der Waals surface area contributed by atoms with Crippen LogP contribution in [0.4, 0.5) is 5.69 Å².